The second kappa shape index (κ2) is 8.91. The number of nitrogens with zero attached hydrogens (tertiary/aromatic N) is 2. The van der Waals surface area contributed by atoms with Crippen LogP contribution in [0, 0.1) is 0 Å². The molecule has 1 heterocycles. The molecule has 2 amide bonds. The van der Waals surface area contributed by atoms with Crippen molar-refractivity contribution >= 4 is 23.4 Å². The number of piperazine rings is 1. The lowest BCUT2D eigenvalue weighted by molar-refractivity contribution is -0.132. The second-order valence-electron chi connectivity index (χ2n) is 6.53. The summed E-state index contributed by atoms with van der Waals surface area (Å²) in [5.41, 5.74) is 1.74. The number of hydrogen-bond donors (Lipinski definition) is 0. The summed E-state index contributed by atoms with van der Waals surface area (Å²) in [6.07, 6.45) is 1.16. The Morgan fingerprint density at radius 2 is 1.52 bits per heavy atom. The molecule has 0 aliphatic carbocycles. The Hall–Kier alpha value is -2.53. The van der Waals surface area contributed by atoms with E-state index in [1.807, 2.05) is 29.2 Å². The van der Waals surface area contributed by atoms with Gasteiger partial charge in [-0.1, -0.05) is 23.7 Å². The van der Waals surface area contributed by atoms with Gasteiger partial charge in [0.25, 0.3) is 5.91 Å². The smallest absolute Gasteiger partial charge is 0.253 e. The maximum atomic E-state index is 12.6. The van der Waals surface area contributed by atoms with Crippen molar-refractivity contribution in [3.05, 3.63) is 64.7 Å². The first-order valence-electron chi connectivity index (χ1n) is 9.02. The SMILES string of the molecule is COc1ccc(C(=O)N2CCN(C(=O)CCc3ccc(Cl)cc3)CC2)cc1. The number of ether oxygens (including phenoxy) is 1. The van der Waals surface area contributed by atoms with Crippen molar-refractivity contribution in [2.75, 3.05) is 33.3 Å². The Bertz CT molecular complexity index is 782. The standard InChI is InChI=1S/C21H23ClN2O3/c1-27-19-9-5-17(6-10-19)21(26)24-14-12-23(13-15-24)20(25)11-4-16-2-7-18(22)8-3-16/h2-3,5-10H,4,11-15H2,1H3. The molecule has 0 N–H and O–H groups in total. The van der Waals surface area contributed by atoms with E-state index < -0.39 is 0 Å². The third-order valence-corrected chi connectivity index (χ3v) is 5.05. The monoisotopic (exact) mass is 386 g/mol. The average molecular weight is 387 g/mol. The first kappa shape index (κ1) is 19.2. The van der Waals surface area contributed by atoms with Gasteiger partial charge in [0.2, 0.25) is 5.91 Å². The molecule has 2 aromatic rings. The number of methoxy groups -OCH3 is 1. The fraction of sp³-hybridized carbons (Fsp3) is 0.333. The van der Waals surface area contributed by atoms with Gasteiger partial charge in [-0.15, -0.1) is 0 Å². The molecule has 0 aromatic heterocycles. The third-order valence-electron chi connectivity index (χ3n) is 4.80. The van der Waals surface area contributed by atoms with Gasteiger partial charge in [0.1, 0.15) is 5.75 Å². The number of carbonyl (C=O) groups excluding carboxylic acids is 2. The molecule has 1 aliphatic rings. The Morgan fingerprint density at radius 3 is 2.11 bits per heavy atom. The molecule has 0 bridgehead atoms. The van der Waals surface area contributed by atoms with Crippen molar-refractivity contribution in [3.8, 4) is 5.75 Å². The molecule has 6 heteroatoms. The minimum Gasteiger partial charge on any atom is -0.497 e. The summed E-state index contributed by atoms with van der Waals surface area (Å²) in [4.78, 5) is 28.7. The molecule has 3 rings (SSSR count). The quantitative estimate of drug-likeness (QED) is 0.792. The van der Waals surface area contributed by atoms with Crippen molar-refractivity contribution in [3.63, 3.8) is 0 Å². The number of aryl methyl sites for hydroxylation is 1. The van der Waals surface area contributed by atoms with Gasteiger partial charge >= 0.3 is 0 Å². The minimum atomic E-state index is -0.00841. The fourth-order valence-corrected chi connectivity index (χ4v) is 3.26. The summed E-state index contributed by atoms with van der Waals surface area (Å²) in [6.45, 7) is 2.25. The molecule has 2 aromatic carbocycles. The van der Waals surface area contributed by atoms with Crippen molar-refractivity contribution in [2.45, 2.75) is 12.8 Å². The van der Waals surface area contributed by atoms with Gasteiger partial charge in [-0.2, -0.15) is 0 Å². The van der Waals surface area contributed by atoms with Crippen LogP contribution in [0.3, 0.4) is 0 Å². The highest BCUT2D eigenvalue weighted by molar-refractivity contribution is 6.30. The van der Waals surface area contributed by atoms with E-state index in [1.54, 1.807) is 36.3 Å². The first-order chi connectivity index (χ1) is 13.1. The number of hydrogen-bond acceptors (Lipinski definition) is 3. The molecule has 0 unspecified atom stereocenters. The van der Waals surface area contributed by atoms with Crippen LogP contribution in [0.5, 0.6) is 5.75 Å². The number of benzene rings is 2. The number of halogens is 1. The van der Waals surface area contributed by atoms with Gasteiger partial charge < -0.3 is 14.5 Å². The molecule has 0 radical (unpaired) electrons. The van der Waals surface area contributed by atoms with E-state index in [9.17, 15) is 9.59 Å². The van der Waals surface area contributed by atoms with Crippen LogP contribution in [0.15, 0.2) is 48.5 Å². The zero-order valence-electron chi connectivity index (χ0n) is 15.4. The van der Waals surface area contributed by atoms with Crippen LogP contribution >= 0.6 is 11.6 Å². The molecule has 1 fully saturated rings. The lowest BCUT2D eigenvalue weighted by Gasteiger charge is -2.35. The molecular weight excluding hydrogens is 364 g/mol. The molecule has 0 saturated carbocycles. The van der Waals surface area contributed by atoms with Crippen molar-refractivity contribution < 1.29 is 14.3 Å². The first-order valence-corrected chi connectivity index (χ1v) is 9.40. The van der Waals surface area contributed by atoms with E-state index in [1.165, 1.54) is 0 Å². The summed E-state index contributed by atoms with van der Waals surface area (Å²) in [5.74, 6) is 0.843. The zero-order valence-corrected chi connectivity index (χ0v) is 16.1. The van der Waals surface area contributed by atoms with Crippen LogP contribution in [-0.4, -0.2) is 54.9 Å². The minimum absolute atomic E-state index is 0.00841. The van der Waals surface area contributed by atoms with E-state index in [0.717, 1.165) is 11.3 Å². The lowest BCUT2D eigenvalue weighted by Crippen LogP contribution is -2.50. The van der Waals surface area contributed by atoms with Gasteiger partial charge in [-0.3, -0.25) is 9.59 Å². The molecule has 0 spiro atoms. The van der Waals surface area contributed by atoms with Gasteiger partial charge in [0, 0.05) is 43.2 Å². The highest BCUT2D eigenvalue weighted by atomic mass is 35.5. The van der Waals surface area contributed by atoms with Crippen LogP contribution < -0.4 is 4.74 Å². The van der Waals surface area contributed by atoms with E-state index in [-0.39, 0.29) is 11.8 Å². The van der Waals surface area contributed by atoms with Crippen molar-refractivity contribution in [1.82, 2.24) is 9.80 Å². The predicted octanol–water partition coefficient (Wildman–Crippen LogP) is 3.27. The Morgan fingerprint density at radius 1 is 0.926 bits per heavy atom. The summed E-state index contributed by atoms with van der Waals surface area (Å²) in [5, 5.41) is 0.697. The normalized spacial score (nSPS) is 14.1. The van der Waals surface area contributed by atoms with Gasteiger partial charge in [-0.05, 0) is 48.4 Å². The summed E-state index contributed by atoms with van der Waals surface area (Å²) >= 11 is 5.88. The molecule has 142 valence electrons. The van der Waals surface area contributed by atoms with Crippen LogP contribution in [-0.2, 0) is 11.2 Å². The number of amides is 2. The maximum absolute atomic E-state index is 12.6. The molecule has 5 nitrogen and oxygen atoms in total. The van der Waals surface area contributed by atoms with E-state index in [4.69, 9.17) is 16.3 Å². The molecular formula is C21H23ClN2O3. The second-order valence-corrected chi connectivity index (χ2v) is 6.96. The van der Waals surface area contributed by atoms with Gasteiger partial charge in [0.15, 0.2) is 0 Å². The highest BCUT2D eigenvalue weighted by Gasteiger charge is 2.24. The molecule has 0 atom stereocenters. The summed E-state index contributed by atoms with van der Waals surface area (Å²) in [6, 6.07) is 14.7. The maximum Gasteiger partial charge on any atom is 0.253 e. The van der Waals surface area contributed by atoms with E-state index >= 15 is 0 Å². The number of carbonyl (C=O) groups is 2. The van der Waals surface area contributed by atoms with E-state index in [2.05, 4.69) is 0 Å². The lowest BCUT2D eigenvalue weighted by atomic mass is 10.1. The van der Waals surface area contributed by atoms with Gasteiger partial charge in [0.05, 0.1) is 7.11 Å². The Balaban J connectivity index is 1.48. The van der Waals surface area contributed by atoms with Gasteiger partial charge in [-0.25, -0.2) is 0 Å². The fourth-order valence-electron chi connectivity index (χ4n) is 3.14. The van der Waals surface area contributed by atoms with E-state index in [0.29, 0.717) is 49.6 Å². The highest BCUT2D eigenvalue weighted by Crippen LogP contribution is 2.15. The van der Waals surface area contributed by atoms with Crippen LogP contribution in [0.4, 0.5) is 0 Å². The number of rotatable bonds is 5. The summed E-state index contributed by atoms with van der Waals surface area (Å²) in [7, 11) is 1.60. The topological polar surface area (TPSA) is 49.9 Å². The molecule has 1 saturated heterocycles. The Labute approximate surface area is 164 Å². The average Bonchev–Trinajstić information content (AvgIpc) is 2.73. The predicted molar refractivity (Wildman–Crippen MR) is 105 cm³/mol. The van der Waals surface area contributed by atoms with Crippen LogP contribution in [0.2, 0.25) is 5.02 Å². The largest absolute Gasteiger partial charge is 0.497 e. The van der Waals surface area contributed by atoms with Crippen molar-refractivity contribution in [1.29, 1.82) is 0 Å². The Kier molecular flexibility index (Phi) is 6.35. The van der Waals surface area contributed by atoms with Crippen LogP contribution in [0.1, 0.15) is 22.3 Å². The summed E-state index contributed by atoms with van der Waals surface area (Å²) < 4.78 is 5.12. The molecule has 1 aliphatic heterocycles. The zero-order chi connectivity index (χ0) is 19.2. The van der Waals surface area contributed by atoms with Crippen LogP contribution in [0.25, 0.3) is 0 Å². The van der Waals surface area contributed by atoms with Crippen molar-refractivity contribution in [2.24, 2.45) is 0 Å². The third kappa shape index (κ3) is 5.01. The molecule has 27 heavy (non-hydrogen) atoms.